The van der Waals surface area contributed by atoms with Crippen LogP contribution < -0.4 is 4.90 Å². The molecule has 34 heavy (non-hydrogen) atoms. The highest BCUT2D eigenvalue weighted by molar-refractivity contribution is 5.70. The zero-order valence-corrected chi connectivity index (χ0v) is 18.4. The number of halogens is 1. The Morgan fingerprint density at radius 1 is 1.06 bits per heavy atom. The highest BCUT2D eigenvalue weighted by Gasteiger charge is 2.34. The Kier molecular flexibility index (Phi) is 6.11. The van der Waals surface area contributed by atoms with Gasteiger partial charge >= 0.3 is 6.09 Å². The molecule has 2 aromatic heterocycles. The number of hydrogen-bond acceptors (Lipinski definition) is 9. The minimum absolute atomic E-state index is 0.0954. The van der Waals surface area contributed by atoms with Crippen LogP contribution in [0.3, 0.4) is 0 Å². The van der Waals surface area contributed by atoms with Gasteiger partial charge in [-0.1, -0.05) is 16.5 Å². The Morgan fingerprint density at radius 2 is 1.79 bits per heavy atom. The highest BCUT2D eigenvalue weighted by Crippen LogP contribution is 2.32. The summed E-state index contributed by atoms with van der Waals surface area (Å²) >= 11 is 0. The summed E-state index contributed by atoms with van der Waals surface area (Å²) in [5.74, 6) is -0.420. The molecule has 5 rings (SSSR count). The summed E-state index contributed by atoms with van der Waals surface area (Å²) in [5.41, 5.74) is 2.01. The average Bonchev–Trinajstić information content (AvgIpc) is 3.61. The zero-order valence-electron chi connectivity index (χ0n) is 18.4. The number of anilines is 1. The van der Waals surface area contributed by atoms with Gasteiger partial charge in [0.1, 0.15) is 12.4 Å². The van der Waals surface area contributed by atoms with Crippen molar-refractivity contribution in [3.63, 3.8) is 0 Å². The van der Waals surface area contributed by atoms with Gasteiger partial charge in [-0.15, -0.1) is 10.2 Å². The number of cyclic esters (lactones) is 1. The molecule has 2 aliphatic rings. The number of amides is 1. The first-order valence-electron chi connectivity index (χ1n) is 11.1. The van der Waals surface area contributed by atoms with E-state index < -0.39 is 18.1 Å². The van der Waals surface area contributed by atoms with E-state index in [0.29, 0.717) is 42.3 Å². The summed E-state index contributed by atoms with van der Waals surface area (Å²) in [5, 5.41) is 34.9. The van der Waals surface area contributed by atoms with Gasteiger partial charge in [-0.25, -0.2) is 18.5 Å². The van der Waals surface area contributed by atoms with E-state index in [9.17, 15) is 15.0 Å². The Bertz CT molecular complexity index is 1160. The van der Waals surface area contributed by atoms with Crippen LogP contribution in [0.5, 0.6) is 0 Å². The third-order valence-electron chi connectivity index (χ3n) is 6.36. The van der Waals surface area contributed by atoms with Gasteiger partial charge in [0.15, 0.2) is 6.17 Å². The van der Waals surface area contributed by atoms with Crippen LogP contribution in [0.25, 0.3) is 0 Å². The van der Waals surface area contributed by atoms with Crippen molar-refractivity contribution in [1.82, 2.24) is 34.9 Å². The molecule has 13 heteroatoms. The first-order chi connectivity index (χ1) is 16.6. The molecule has 0 aliphatic carbocycles. The summed E-state index contributed by atoms with van der Waals surface area (Å²) in [7, 11) is 0. The van der Waals surface area contributed by atoms with Gasteiger partial charge in [0.25, 0.3) is 0 Å². The first-order valence-corrected chi connectivity index (χ1v) is 11.1. The van der Waals surface area contributed by atoms with Crippen molar-refractivity contribution < 1.29 is 24.1 Å². The van der Waals surface area contributed by atoms with Gasteiger partial charge in [-0.3, -0.25) is 4.90 Å². The smallest absolute Gasteiger partial charge is 0.411 e. The Hall–Kier alpha value is -3.58. The summed E-state index contributed by atoms with van der Waals surface area (Å²) in [6.45, 7) is 1.31. The third kappa shape index (κ3) is 3.96. The lowest BCUT2D eigenvalue weighted by atomic mass is 10.0. The molecule has 0 bridgehead atoms. The number of hydrogen-bond donors (Lipinski definition) is 2. The van der Waals surface area contributed by atoms with E-state index in [2.05, 4.69) is 20.6 Å². The lowest BCUT2D eigenvalue weighted by Gasteiger charge is -2.34. The Morgan fingerprint density at radius 3 is 2.47 bits per heavy atom. The van der Waals surface area contributed by atoms with E-state index in [4.69, 9.17) is 4.74 Å². The van der Waals surface area contributed by atoms with Gasteiger partial charge in [-0.05, 0) is 30.5 Å². The average molecular weight is 472 g/mol. The fourth-order valence-corrected chi connectivity index (χ4v) is 4.64. The lowest BCUT2D eigenvalue weighted by Crippen LogP contribution is -2.37. The van der Waals surface area contributed by atoms with Crippen LogP contribution in [0.2, 0.25) is 0 Å². The second-order valence-electron chi connectivity index (χ2n) is 8.27. The number of piperidine rings is 1. The topological polar surface area (TPSA) is 135 Å². The molecule has 2 fully saturated rings. The van der Waals surface area contributed by atoms with Crippen molar-refractivity contribution in [3.8, 4) is 0 Å². The normalized spacial score (nSPS) is 17.9. The second-order valence-corrected chi connectivity index (χ2v) is 8.27. The molecule has 0 unspecified atom stereocenters. The number of aliphatic hydroxyl groups is 2. The van der Waals surface area contributed by atoms with Crippen molar-refractivity contribution in [2.75, 3.05) is 31.1 Å². The molecule has 2 N–H and O–H groups in total. The van der Waals surface area contributed by atoms with Crippen molar-refractivity contribution >= 4 is 11.8 Å². The number of aromatic nitrogens is 6. The monoisotopic (exact) mass is 472 g/mol. The summed E-state index contributed by atoms with van der Waals surface area (Å²) in [6.07, 6.45) is 3.09. The van der Waals surface area contributed by atoms with Gasteiger partial charge < -0.3 is 19.8 Å². The summed E-state index contributed by atoms with van der Waals surface area (Å²) in [4.78, 5) is 15.7. The van der Waals surface area contributed by atoms with Gasteiger partial charge in [0.2, 0.25) is 0 Å². The predicted octanol–water partition coefficient (Wildman–Crippen LogP) is 0.834. The van der Waals surface area contributed by atoms with Gasteiger partial charge in [0, 0.05) is 13.1 Å². The molecule has 180 valence electrons. The number of carbonyl (C=O) groups excluding carboxylic acids is 1. The van der Waals surface area contributed by atoms with E-state index in [1.807, 2.05) is 4.90 Å². The minimum atomic E-state index is -0.793. The quantitative estimate of drug-likeness (QED) is 0.513. The number of aliphatic hydroxyl groups excluding tert-OH is 2. The van der Waals surface area contributed by atoms with Crippen molar-refractivity contribution in [2.45, 2.75) is 38.3 Å². The fourth-order valence-electron chi connectivity index (χ4n) is 4.64. The maximum absolute atomic E-state index is 15.4. The Balaban J connectivity index is 1.38. The molecule has 1 atom stereocenters. The molecule has 2 saturated heterocycles. The molecular weight excluding hydrogens is 447 g/mol. The molecule has 0 radical (unpaired) electrons. The third-order valence-corrected chi connectivity index (χ3v) is 6.36. The van der Waals surface area contributed by atoms with Crippen molar-refractivity contribution in [2.24, 2.45) is 0 Å². The standard InChI is InChI=1S/C21H25FN8O4/c22-18-9-14(20(28-7-8-34-21(28)33)30-17(13-32)11-24-26-30)1-2-19(18)27-5-3-15(4-6-27)29-16(12-31)10-23-25-29/h1-2,9-11,15,20,31-32H,3-8,12-13H2/t20-/m1/s1. The number of nitrogens with zero attached hydrogens (tertiary/aromatic N) is 8. The predicted molar refractivity (Wildman–Crippen MR) is 115 cm³/mol. The lowest BCUT2D eigenvalue weighted by molar-refractivity contribution is 0.136. The number of ether oxygens (including phenoxy) is 1. The minimum Gasteiger partial charge on any atom is -0.447 e. The van der Waals surface area contributed by atoms with Gasteiger partial charge in [-0.2, -0.15) is 0 Å². The number of rotatable bonds is 7. The molecule has 2 aliphatic heterocycles. The molecule has 12 nitrogen and oxygen atoms in total. The zero-order chi connectivity index (χ0) is 23.7. The molecule has 1 amide bonds. The van der Waals surface area contributed by atoms with Gasteiger partial charge in [0.05, 0.1) is 55.3 Å². The van der Waals surface area contributed by atoms with E-state index in [-0.39, 0.29) is 25.9 Å². The SMILES string of the molecule is O=C1OCCN1[C@@H](c1ccc(N2CCC(n3nncc3CO)CC2)c(F)c1)n1nncc1CO. The van der Waals surface area contributed by atoms with E-state index >= 15 is 4.39 Å². The van der Waals surface area contributed by atoms with E-state index in [1.54, 1.807) is 23.0 Å². The molecule has 1 aromatic carbocycles. The molecular formula is C21H25FN8O4. The summed E-state index contributed by atoms with van der Waals surface area (Å²) in [6, 6.07) is 4.94. The fraction of sp³-hybridized carbons (Fsp3) is 0.476. The van der Waals surface area contributed by atoms with Crippen LogP contribution in [-0.4, -0.2) is 77.4 Å². The van der Waals surface area contributed by atoms with Crippen LogP contribution in [0.1, 0.15) is 42.0 Å². The number of benzene rings is 1. The van der Waals surface area contributed by atoms with Crippen LogP contribution in [0.4, 0.5) is 14.9 Å². The summed E-state index contributed by atoms with van der Waals surface area (Å²) < 4.78 is 23.6. The maximum atomic E-state index is 15.4. The molecule has 0 spiro atoms. The van der Waals surface area contributed by atoms with Crippen LogP contribution in [-0.2, 0) is 18.0 Å². The van der Waals surface area contributed by atoms with Crippen molar-refractivity contribution in [3.05, 3.63) is 53.4 Å². The maximum Gasteiger partial charge on any atom is 0.411 e. The first kappa shape index (κ1) is 22.2. The molecule has 3 aromatic rings. The van der Waals surface area contributed by atoms with E-state index in [0.717, 1.165) is 12.8 Å². The van der Waals surface area contributed by atoms with E-state index in [1.165, 1.54) is 21.8 Å². The van der Waals surface area contributed by atoms with Crippen LogP contribution in [0, 0.1) is 5.82 Å². The van der Waals surface area contributed by atoms with Crippen LogP contribution >= 0.6 is 0 Å². The number of carbonyl (C=O) groups is 1. The largest absolute Gasteiger partial charge is 0.447 e. The molecule has 4 heterocycles. The second kappa shape index (κ2) is 9.35. The Labute approximate surface area is 194 Å². The highest BCUT2D eigenvalue weighted by atomic mass is 19.1. The molecule has 0 saturated carbocycles. The van der Waals surface area contributed by atoms with Crippen molar-refractivity contribution in [1.29, 1.82) is 0 Å². The van der Waals surface area contributed by atoms with Crippen LogP contribution in [0.15, 0.2) is 30.6 Å².